The zero-order valence-corrected chi connectivity index (χ0v) is 15.6. The van der Waals surface area contributed by atoms with E-state index in [1.54, 1.807) is 25.1 Å². The molecule has 0 bridgehead atoms. The minimum atomic E-state index is -1.02. The van der Waals surface area contributed by atoms with Gasteiger partial charge >= 0.3 is 5.97 Å². The average molecular weight is 375 g/mol. The van der Waals surface area contributed by atoms with Gasteiger partial charge < -0.3 is 19.5 Å². The zero-order chi connectivity index (χ0) is 20.0. The van der Waals surface area contributed by atoms with Crippen LogP contribution in [0.25, 0.3) is 0 Å². The smallest absolute Gasteiger partial charge is 0.339 e. The number of nitrogens with one attached hydrogen (secondary N) is 1. The van der Waals surface area contributed by atoms with E-state index in [1.165, 1.54) is 45.4 Å². The molecule has 0 unspecified atom stereocenters. The maximum absolute atomic E-state index is 13.0. The van der Waals surface area contributed by atoms with Crippen LogP contribution in [0.3, 0.4) is 0 Å². The van der Waals surface area contributed by atoms with Crippen LogP contribution in [0.5, 0.6) is 11.5 Å². The first kappa shape index (κ1) is 20.2. The number of amides is 1. The van der Waals surface area contributed by atoms with Crippen LogP contribution in [0.2, 0.25) is 0 Å². The fourth-order valence-corrected chi connectivity index (χ4v) is 2.37. The van der Waals surface area contributed by atoms with Gasteiger partial charge in [0.05, 0.1) is 25.8 Å². The summed E-state index contributed by atoms with van der Waals surface area (Å²) in [5, 5.41) is 2.73. The van der Waals surface area contributed by atoms with E-state index in [0.717, 1.165) is 5.56 Å². The molecule has 0 saturated heterocycles. The molecule has 2 atom stereocenters. The molecule has 2 aromatic carbocycles. The Labute approximate surface area is 157 Å². The second-order valence-electron chi connectivity index (χ2n) is 5.93. The highest BCUT2D eigenvalue weighted by molar-refractivity contribution is 5.93. The number of rotatable bonds is 7. The monoisotopic (exact) mass is 375 g/mol. The van der Waals surface area contributed by atoms with E-state index in [0.29, 0.717) is 11.5 Å². The maximum Gasteiger partial charge on any atom is 0.339 e. The van der Waals surface area contributed by atoms with Crippen molar-refractivity contribution in [2.45, 2.75) is 26.0 Å². The van der Waals surface area contributed by atoms with Crippen molar-refractivity contribution in [3.8, 4) is 11.5 Å². The van der Waals surface area contributed by atoms with Gasteiger partial charge in [-0.05, 0) is 43.7 Å². The van der Waals surface area contributed by atoms with E-state index in [4.69, 9.17) is 14.2 Å². The molecule has 27 heavy (non-hydrogen) atoms. The molecule has 0 spiro atoms. The molecular weight excluding hydrogens is 353 g/mol. The van der Waals surface area contributed by atoms with Crippen molar-refractivity contribution in [2.24, 2.45) is 0 Å². The van der Waals surface area contributed by atoms with Gasteiger partial charge in [0.1, 0.15) is 17.3 Å². The fraction of sp³-hybridized carbons (Fsp3) is 0.300. The lowest BCUT2D eigenvalue weighted by molar-refractivity contribution is -0.129. The van der Waals surface area contributed by atoms with Gasteiger partial charge in [-0.3, -0.25) is 4.79 Å². The third kappa shape index (κ3) is 5.44. The van der Waals surface area contributed by atoms with E-state index in [2.05, 4.69) is 5.32 Å². The third-order valence-corrected chi connectivity index (χ3v) is 3.97. The van der Waals surface area contributed by atoms with Crippen LogP contribution in [-0.4, -0.2) is 32.2 Å². The predicted molar refractivity (Wildman–Crippen MR) is 97.4 cm³/mol. The summed E-state index contributed by atoms with van der Waals surface area (Å²) in [4.78, 5) is 24.6. The molecule has 2 rings (SSSR count). The van der Waals surface area contributed by atoms with Crippen LogP contribution in [0.1, 0.15) is 35.8 Å². The Kier molecular flexibility index (Phi) is 6.76. The summed E-state index contributed by atoms with van der Waals surface area (Å²) in [6, 6.07) is 10.1. The Balaban J connectivity index is 2.01. The van der Waals surface area contributed by atoms with Crippen molar-refractivity contribution in [1.29, 1.82) is 0 Å². The standard InChI is InChI=1S/C20H22FNO5/c1-12(14-5-7-16(21)8-6-14)22-19(23)13(2)27-20(24)15-9-17(25-3)11-18(10-15)26-4/h5-13H,1-4H3,(H,22,23)/t12-,13-/m1/s1. The number of hydrogen-bond acceptors (Lipinski definition) is 5. The fourth-order valence-electron chi connectivity index (χ4n) is 2.37. The average Bonchev–Trinajstić information content (AvgIpc) is 2.67. The Morgan fingerprint density at radius 1 is 0.963 bits per heavy atom. The van der Waals surface area contributed by atoms with E-state index in [1.807, 2.05) is 0 Å². The molecular formula is C20H22FNO5. The molecule has 6 nitrogen and oxygen atoms in total. The second-order valence-corrected chi connectivity index (χ2v) is 5.93. The largest absolute Gasteiger partial charge is 0.497 e. The number of benzene rings is 2. The van der Waals surface area contributed by atoms with Crippen molar-refractivity contribution in [3.05, 3.63) is 59.4 Å². The summed E-state index contributed by atoms with van der Waals surface area (Å²) < 4.78 is 28.5. The van der Waals surface area contributed by atoms with Crippen LogP contribution in [0, 0.1) is 5.82 Å². The Morgan fingerprint density at radius 3 is 2.04 bits per heavy atom. The van der Waals surface area contributed by atoms with Gasteiger partial charge in [0, 0.05) is 6.07 Å². The van der Waals surface area contributed by atoms with Crippen LogP contribution in [0.15, 0.2) is 42.5 Å². The van der Waals surface area contributed by atoms with Gasteiger partial charge in [0.25, 0.3) is 5.91 Å². The van der Waals surface area contributed by atoms with E-state index in [-0.39, 0.29) is 17.4 Å². The minimum Gasteiger partial charge on any atom is -0.497 e. The first-order valence-electron chi connectivity index (χ1n) is 8.34. The Hall–Kier alpha value is -3.09. The number of carbonyl (C=O) groups is 2. The summed E-state index contributed by atoms with van der Waals surface area (Å²) in [6.07, 6.45) is -1.02. The summed E-state index contributed by atoms with van der Waals surface area (Å²) in [7, 11) is 2.94. The molecule has 0 saturated carbocycles. The Morgan fingerprint density at radius 2 is 1.52 bits per heavy atom. The van der Waals surface area contributed by atoms with Crippen LogP contribution < -0.4 is 14.8 Å². The number of halogens is 1. The molecule has 7 heteroatoms. The van der Waals surface area contributed by atoms with Crippen molar-refractivity contribution in [1.82, 2.24) is 5.32 Å². The van der Waals surface area contributed by atoms with Crippen molar-refractivity contribution in [2.75, 3.05) is 14.2 Å². The minimum absolute atomic E-state index is 0.206. The van der Waals surface area contributed by atoms with Gasteiger partial charge in [-0.2, -0.15) is 0 Å². The number of carbonyl (C=O) groups excluding carboxylic acids is 2. The first-order valence-corrected chi connectivity index (χ1v) is 8.34. The lowest BCUT2D eigenvalue weighted by Gasteiger charge is -2.18. The number of ether oxygens (including phenoxy) is 3. The van der Waals surface area contributed by atoms with E-state index in [9.17, 15) is 14.0 Å². The predicted octanol–water partition coefficient (Wildman–Crippen LogP) is 3.27. The van der Waals surface area contributed by atoms with E-state index >= 15 is 0 Å². The molecule has 0 aliphatic rings. The van der Waals surface area contributed by atoms with Crippen molar-refractivity contribution >= 4 is 11.9 Å². The topological polar surface area (TPSA) is 73.9 Å². The molecule has 0 fully saturated rings. The van der Waals surface area contributed by atoms with Gasteiger partial charge in [-0.15, -0.1) is 0 Å². The van der Waals surface area contributed by atoms with E-state index < -0.39 is 18.0 Å². The molecule has 2 aromatic rings. The molecule has 0 aromatic heterocycles. The molecule has 144 valence electrons. The molecule has 0 heterocycles. The van der Waals surface area contributed by atoms with Crippen LogP contribution in [-0.2, 0) is 9.53 Å². The van der Waals surface area contributed by atoms with Crippen molar-refractivity contribution < 1.29 is 28.2 Å². The van der Waals surface area contributed by atoms with Gasteiger partial charge in [-0.25, -0.2) is 9.18 Å². The van der Waals surface area contributed by atoms with Crippen molar-refractivity contribution in [3.63, 3.8) is 0 Å². The summed E-state index contributed by atoms with van der Waals surface area (Å²) >= 11 is 0. The lowest BCUT2D eigenvalue weighted by atomic mass is 10.1. The van der Waals surface area contributed by atoms with Gasteiger partial charge in [-0.1, -0.05) is 12.1 Å². The second kappa shape index (κ2) is 9.02. The van der Waals surface area contributed by atoms with Gasteiger partial charge in [0.2, 0.25) is 0 Å². The molecule has 0 aliphatic carbocycles. The van der Waals surface area contributed by atoms with Gasteiger partial charge in [0.15, 0.2) is 6.10 Å². The number of methoxy groups -OCH3 is 2. The quantitative estimate of drug-likeness (QED) is 0.752. The normalized spacial score (nSPS) is 12.6. The molecule has 0 aliphatic heterocycles. The lowest BCUT2D eigenvalue weighted by Crippen LogP contribution is -2.37. The maximum atomic E-state index is 13.0. The zero-order valence-electron chi connectivity index (χ0n) is 15.6. The summed E-state index contributed by atoms with van der Waals surface area (Å²) in [5.41, 5.74) is 0.943. The Bertz CT molecular complexity index is 784. The molecule has 1 amide bonds. The number of esters is 1. The summed E-state index contributed by atoms with van der Waals surface area (Å²) in [6.45, 7) is 3.23. The van der Waals surface area contributed by atoms with Crippen LogP contribution >= 0.6 is 0 Å². The third-order valence-electron chi connectivity index (χ3n) is 3.97. The molecule has 1 N–H and O–H groups in total. The highest BCUT2D eigenvalue weighted by Gasteiger charge is 2.21. The van der Waals surface area contributed by atoms with Crippen LogP contribution in [0.4, 0.5) is 4.39 Å². The number of hydrogen-bond donors (Lipinski definition) is 1. The highest BCUT2D eigenvalue weighted by atomic mass is 19.1. The molecule has 0 radical (unpaired) electrons. The highest BCUT2D eigenvalue weighted by Crippen LogP contribution is 2.23. The first-order chi connectivity index (χ1) is 12.8. The SMILES string of the molecule is COc1cc(OC)cc(C(=O)O[C@H](C)C(=O)N[C@H](C)c2ccc(F)cc2)c1. The summed E-state index contributed by atoms with van der Waals surface area (Å²) in [5.74, 6) is -0.626.